The van der Waals surface area contributed by atoms with E-state index in [1.54, 1.807) is 7.16 Å². The number of rotatable bonds is 5. The van der Waals surface area contributed by atoms with Gasteiger partial charge in [-0.2, -0.15) is 0 Å². The minimum Gasteiger partial charge on any atom is -0.107 e. The summed E-state index contributed by atoms with van der Waals surface area (Å²) in [5.41, 5.74) is 0. The van der Waals surface area contributed by atoms with Gasteiger partial charge in [0.05, 0.1) is 0 Å². The molecule has 0 aliphatic rings. The van der Waals surface area contributed by atoms with Gasteiger partial charge in [-0.25, -0.2) is 0 Å². The summed E-state index contributed by atoms with van der Waals surface area (Å²) in [7, 11) is 0. The Morgan fingerprint density at radius 1 is 0.778 bits per heavy atom. The smallest absolute Gasteiger partial charge is 0.107 e. The van der Waals surface area contributed by atoms with E-state index in [4.69, 9.17) is 0 Å². The van der Waals surface area contributed by atoms with Gasteiger partial charge in [0.15, 0.2) is 0 Å². The quantitative estimate of drug-likeness (QED) is 0.474. The average molecular weight is 458 g/mol. The van der Waals surface area contributed by atoms with Crippen molar-refractivity contribution in [2.24, 2.45) is 0 Å². The van der Waals surface area contributed by atoms with Crippen LogP contribution in [0, 0.1) is 0 Å². The molecule has 0 heterocycles. The van der Waals surface area contributed by atoms with Crippen LogP contribution in [0.1, 0.15) is 19.8 Å². The van der Waals surface area contributed by atoms with Crippen LogP contribution in [-0.4, -0.2) is 19.8 Å². The summed E-state index contributed by atoms with van der Waals surface area (Å²) in [6, 6.07) is 22.3. The number of benzene rings is 2. The second-order valence-electron chi connectivity index (χ2n) is 4.31. The largest absolute Gasteiger partial charge is 0.107 e. The molecule has 0 nitrogen and oxygen atoms in total. The SMILES string of the molecule is CCC[CH2][Sn]([c]1ccccc1)[c]1ccccc1.I. The molecule has 2 heteroatoms. The van der Waals surface area contributed by atoms with Gasteiger partial charge in [-0.15, -0.1) is 24.0 Å². The minimum atomic E-state index is -1.60. The van der Waals surface area contributed by atoms with Crippen LogP contribution in [0.15, 0.2) is 60.7 Å². The molecule has 0 atom stereocenters. The molecule has 0 aliphatic carbocycles. The van der Waals surface area contributed by atoms with E-state index in [0.29, 0.717) is 0 Å². The molecular weight excluding hydrogens is 438 g/mol. The van der Waals surface area contributed by atoms with Crippen LogP contribution >= 0.6 is 24.0 Å². The van der Waals surface area contributed by atoms with E-state index in [-0.39, 0.29) is 24.0 Å². The van der Waals surface area contributed by atoms with Crippen molar-refractivity contribution in [3.05, 3.63) is 60.7 Å². The normalized spacial score (nSPS) is 10.1. The van der Waals surface area contributed by atoms with Crippen LogP contribution < -0.4 is 7.16 Å². The van der Waals surface area contributed by atoms with E-state index in [0.717, 1.165) is 0 Å². The molecule has 0 unspecified atom stereocenters. The summed E-state index contributed by atoms with van der Waals surface area (Å²) in [6.07, 6.45) is 2.68. The molecule has 2 rings (SSSR count). The summed E-state index contributed by atoms with van der Waals surface area (Å²) in [4.78, 5) is 0. The zero-order chi connectivity index (χ0) is 11.9. The van der Waals surface area contributed by atoms with Gasteiger partial charge >= 0.3 is 112 Å². The molecule has 95 valence electrons. The van der Waals surface area contributed by atoms with Gasteiger partial charge in [-0.1, -0.05) is 0 Å². The Balaban J connectivity index is 0.00000162. The Hall–Kier alpha value is -0.0313. The van der Waals surface area contributed by atoms with Gasteiger partial charge in [0.1, 0.15) is 0 Å². The molecule has 0 saturated carbocycles. The van der Waals surface area contributed by atoms with Crippen molar-refractivity contribution in [2.45, 2.75) is 24.2 Å². The predicted octanol–water partition coefficient (Wildman–Crippen LogP) is 3.71. The van der Waals surface area contributed by atoms with Crippen molar-refractivity contribution in [3.8, 4) is 0 Å². The van der Waals surface area contributed by atoms with Crippen LogP contribution in [0.2, 0.25) is 4.44 Å². The van der Waals surface area contributed by atoms with Crippen molar-refractivity contribution in [3.63, 3.8) is 0 Å². The van der Waals surface area contributed by atoms with Crippen LogP contribution in [0.25, 0.3) is 0 Å². The molecule has 0 aliphatic heterocycles. The standard InChI is InChI=1S/2C6H5.C4H9.HI.Sn/c2*1-2-4-6-5-3-1;1-3-4-2;;/h2*1-5H;1,3-4H2,2H3;1H;. The summed E-state index contributed by atoms with van der Waals surface area (Å²) in [6.45, 7) is 2.29. The average Bonchev–Trinajstić information content (AvgIpc) is 2.42. The summed E-state index contributed by atoms with van der Waals surface area (Å²) < 4.78 is 4.70. The van der Waals surface area contributed by atoms with Crippen molar-refractivity contribution in [1.82, 2.24) is 0 Å². The molecule has 1 radical (unpaired) electrons. The van der Waals surface area contributed by atoms with Crippen LogP contribution in [0.5, 0.6) is 0 Å². The number of hydrogen-bond acceptors (Lipinski definition) is 0. The molecule has 0 bridgehead atoms. The fourth-order valence-corrected chi connectivity index (χ4v) is 10.1. The summed E-state index contributed by atoms with van der Waals surface area (Å²) in [5, 5.41) is 0. The van der Waals surface area contributed by atoms with Gasteiger partial charge in [0, 0.05) is 0 Å². The van der Waals surface area contributed by atoms with Crippen molar-refractivity contribution < 1.29 is 0 Å². The van der Waals surface area contributed by atoms with Gasteiger partial charge in [0.25, 0.3) is 0 Å². The first-order valence-corrected chi connectivity index (χ1v) is 11.3. The Kier molecular flexibility index (Phi) is 7.98. The van der Waals surface area contributed by atoms with E-state index < -0.39 is 19.8 Å². The fraction of sp³-hybridized carbons (Fsp3) is 0.250. The Morgan fingerprint density at radius 2 is 1.22 bits per heavy atom. The molecule has 0 aromatic heterocycles. The molecule has 0 fully saturated rings. The summed E-state index contributed by atoms with van der Waals surface area (Å²) in [5.74, 6) is 0. The number of unbranched alkanes of at least 4 members (excludes halogenated alkanes) is 1. The zero-order valence-corrected chi connectivity index (χ0v) is 16.0. The van der Waals surface area contributed by atoms with Gasteiger partial charge in [-0.3, -0.25) is 0 Å². The van der Waals surface area contributed by atoms with Crippen molar-refractivity contribution >= 4 is 50.9 Å². The second kappa shape index (κ2) is 8.97. The van der Waals surface area contributed by atoms with E-state index in [1.807, 2.05) is 0 Å². The third-order valence-electron chi connectivity index (χ3n) is 3.02. The molecule has 0 saturated heterocycles. The molecular formula is C16H20ISn. The topological polar surface area (TPSA) is 0 Å². The first-order chi connectivity index (χ1) is 8.42. The fourth-order valence-electron chi connectivity index (χ4n) is 2.09. The molecule has 0 amide bonds. The van der Waals surface area contributed by atoms with E-state index in [1.165, 1.54) is 17.3 Å². The molecule has 0 spiro atoms. The van der Waals surface area contributed by atoms with Gasteiger partial charge in [0.2, 0.25) is 0 Å². The van der Waals surface area contributed by atoms with Crippen molar-refractivity contribution in [2.75, 3.05) is 0 Å². The van der Waals surface area contributed by atoms with Gasteiger partial charge in [-0.05, 0) is 0 Å². The first-order valence-electron chi connectivity index (χ1n) is 6.38. The van der Waals surface area contributed by atoms with Crippen LogP contribution in [0.4, 0.5) is 0 Å². The molecule has 2 aromatic carbocycles. The van der Waals surface area contributed by atoms with Crippen molar-refractivity contribution in [1.29, 1.82) is 0 Å². The molecule has 18 heavy (non-hydrogen) atoms. The molecule has 2 aromatic rings. The first kappa shape index (κ1) is 16.0. The Morgan fingerprint density at radius 3 is 1.61 bits per heavy atom. The second-order valence-corrected chi connectivity index (χ2v) is 11.8. The Bertz CT molecular complexity index is 388. The monoisotopic (exact) mass is 459 g/mol. The van der Waals surface area contributed by atoms with E-state index >= 15 is 0 Å². The predicted molar refractivity (Wildman–Crippen MR) is 93.0 cm³/mol. The van der Waals surface area contributed by atoms with E-state index in [9.17, 15) is 0 Å². The third kappa shape index (κ3) is 4.57. The maximum atomic E-state index is 2.33. The summed E-state index contributed by atoms with van der Waals surface area (Å²) >= 11 is -1.60. The minimum absolute atomic E-state index is 0. The maximum absolute atomic E-state index is 2.33. The molecule has 0 N–H and O–H groups in total. The Labute approximate surface area is 135 Å². The van der Waals surface area contributed by atoms with Crippen LogP contribution in [0.3, 0.4) is 0 Å². The maximum Gasteiger partial charge on any atom is -0.107 e. The zero-order valence-electron chi connectivity index (χ0n) is 10.8. The third-order valence-corrected chi connectivity index (χ3v) is 11.3. The van der Waals surface area contributed by atoms with E-state index in [2.05, 4.69) is 67.6 Å². The number of hydrogen-bond donors (Lipinski definition) is 0. The van der Waals surface area contributed by atoms with Gasteiger partial charge < -0.3 is 0 Å². The van der Waals surface area contributed by atoms with Crippen LogP contribution in [-0.2, 0) is 0 Å². The number of halogens is 1.